The van der Waals surface area contributed by atoms with E-state index in [-0.39, 0.29) is 22.3 Å². The van der Waals surface area contributed by atoms with Gasteiger partial charge in [0.1, 0.15) is 0 Å². The molecule has 8 aliphatic rings. The van der Waals surface area contributed by atoms with Crippen molar-refractivity contribution < 1.29 is 0 Å². The van der Waals surface area contributed by atoms with Gasteiger partial charge < -0.3 is 4.90 Å². The van der Waals surface area contributed by atoms with Gasteiger partial charge in [-0.3, -0.25) is 0 Å². The van der Waals surface area contributed by atoms with Gasteiger partial charge in [-0.1, -0.05) is 180 Å². The fourth-order valence-corrected chi connectivity index (χ4v) is 15.4. The fraction of sp³-hybridized carbons (Fsp3) is 0.290. The molecule has 1 nitrogen and oxygen atoms in total. The molecule has 5 atom stereocenters. The SMILES string of the molecule is CC(C)(C)c1cc2cc(c1)C(C)(C)c1cccc3c1-c1ccc(cc1C31C3CC4CC5CC1C453)N(C1CC=CC=C1c1cccc3cccc(-c4ccccc4)c13)c1ccccc1-2. The fourth-order valence-electron chi connectivity index (χ4n) is 15.4. The van der Waals surface area contributed by atoms with Crippen LogP contribution in [0.5, 0.6) is 0 Å². The van der Waals surface area contributed by atoms with E-state index in [4.69, 9.17) is 0 Å². The van der Waals surface area contributed by atoms with Crippen molar-refractivity contribution in [3.05, 3.63) is 197 Å². The molecule has 7 aromatic rings. The number of para-hydroxylation sites is 1. The number of hydrogen-bond donors (Lipinski definition) is 0. The van der Waals surface area contributed by atoms with Gasteiger partial charge in [0.2, 0.25) is 0 Å². The van der Waals surface area contributed by atoms with E-state index in [0.29, 0.717) is 5.41 Å². The van der Waals surface area contributed by atoms with E-state index in [1.165, 1.54) is 97.1 Å². The van der Waals surface area contributed by atoms with Gasteiger partial charge in [-0.05, 0) is 156 Å². The van der Waals surface area contributed by atoms with Gasteiger partial charge in [0.05, 0.1) is 6.04 Å². The summed E-state index contributed by atoms with van der Waals surface area (Å²) in [5, 5.41) is 2.61. The van der Waals surface area contributed by atoms with Gasteiger partial charge >= 0.3 is 0 Å². The predicted molar refractivity (Wildman–Crippen MR) is 263 cm³/mol. The van der Waals surface area contributed by atoms with Gasteiger partial charge in [0, 0.05) is 27.8 Å². The molecule has 0 amide bonds. The molecule has 0 aromatic heterocycles. The van der Waals surface area contributed by atoms with E-state index >= 15 is 0 Å². The first-order valence-electron chi connectivity index (χ1n) is 23.9. The van der Waals surface area contributed by atoms with Crippen LogP contribution in [0.4, 0.5) is 11.4 Å². The Balaban J connectivity index is 1.06. The Kier molecular flexibility index (Phi) is 7.08. The molecule has 63 heavy (non-hydrogen) atoms. The Labute approximate surface area is 373 Å². The van der Waals surface area contributed by atoms with Gasteiger partial charge in [0.25, 0.3) is 0 Å². The smallest absolute Gasteiger partial charge is 0.0632 e. The van der Waals surface area contributed by atoms with Crippen molar-refractivity contribution in [3.63, 3.8) is 0 Å². The van der Waals surface area contributed by atoms with Gasteiger partial charge in [-0.2, -0.15) is 0 Å². The second-order valence-electron chi connectivity index (χ2n) is 22.0. The lowest BCUT2D eigenvalue weighted by Crippen LogP contribution is -2.88. The second kappa shape index (κ2) is 12.2. The monoisotopic (exact) mass is 813 g/mol. The molecule has 4 saturated carbocycles. The maximum atomic E-state index is 2.78. The van der Waals surface area contributed by atoms with Crippen LogP contribution in [0.3, 0.4) is 0 Å². The summed E-state index contributed by atoms with van der Waals surface area (Å²) in [6.45, 7) is 12.2. The quantitative estimate of drug-likeness (QED) is 0.172. The lowest BCUT2D eigenvalue weighted by atomic mass is 9.11. The maximum Gasteiger partial charge on any atom is 0.0632 e. The van der Waals surface area contributed by atoms with Crippen LogP contribution in [-0.4, -0.2) is 6.04 Å². The second-order valence-corrected chi connectivity index (χ2v) is 22.0. The highest BCUT2D eigenvalue weighted by molar-refractivity contribution is 6.05. The minimum atomic E-state index is -0.220. The summed E-state index contributed by atoms with van der Waals surface area (Å²) >= 11 is 0. The molecule has 308 valence electrons. The molecule has 0 radical (unpaired) electrons. The van der Waals surface area contributed by atoms with Crippen LogP contribution >= 0.6 is 0 Å². The first-order valence-corrected chi connectivity index (χ1v) is 23.9. The van der Waals surface area contributed by atoms with Crippen LogP contribution in [0.1, 0.15) is 93.7 Å². The maximum absolute atomic E-state index is 2.78. The average molecular weight is 814 g/mol. The molecule has 6 bridgehead atoms. The normalized spacial score (nSPS) is 28.2. The zero-order valence-electron chi connectivity index (χ0n) is 37.3. The van der Waals surface area contributed by atoms with E-state index in [2.05, 4.69) is 203 Å². The lowest BCUT2D eigenvalue weighted by Gasteiger charge is -2.92. The van der Waals surface area contributed by atoms with E-state index in [1.54, 1.807) is 16.7 Å². The summed E-state index contributed by atoms with van der Waals surface area (Å²) in [4.78, 5) is 2.78. The minimum Gasteiger partial charge on any atom is -0.333 e. The Morgan fingerprint density at radius 2 is 1.30 bits per heavy atom. The van der Waals surface area contributed by atoms with Crippen molar-refractivity contribution in [1.29, 1.82) is 0 Å². The highest BCUT2D eigenvalue weighted by atomic mass is 15.2. The molecule has 2 heterocycles. The standard InChI is InChI=1S/C62H55N/c1-59(2,3)40-30-39-31-41(32-40)60(4,5)50-24-15-25-51-58(50)49-29-28-44(36-52(49)62(51)55-34-42-33-43-35-56(62)61(42,43)55)63(53-26-11-9-20-45(39)53)54-27-12-10-21-47(54)48-23-14-19-38-18-13-22-46(57(38)48)37-16-7-6-8-17-37/h6-26,28-32,36,42-43,54-56H,27,33-35H2,1-5H3. The van der Waals surface area contributed by atoms with Crippen LogP contribution < -0.4 is 4.90 Å². The summed E-state index contributed by atoms with van der Waals surface area (Å²) in [5.74, 6) is 3.43. The van der Waals surface area contributed by atoms with Gasteiger partial charge in [-0.25, -0.2) is 0 Å². The molecule has 2 spiro atoms. The summed E-state index contributed by atoms with van der Waals surface area (Å²) < 4.78 is 0. The number of rotatable bonds is 3. The molecular formula is C62H55N. The number of allylic oxidation sites excluding steroid dienone is 2. The van der Waals surface area contributed by atoms with Crippen molar-refractivity contribution in [2.24, 2.45) is 29.1 Å². The van der Waals surface area contributed by atoms with Gasteiger partial charge in [-0.15, -0.1) is 0 Å². The molecule has 0 N–H and O–H groups in total. The van der Waals surface area contributed by atoms with Crippen LogP contribution in [0.2, 0.25) is 0 Å². The topological polar surface area (TPSA) is 3.24 Å². The lowest BCUT2D eigenvalue weighted by molar-refractivity contribution is -0.412. The highest BCUT2D eigenvalue weighted by Gasteiger charge is 2.90. The van der Waals surface area contributed by atoms with Gasteiger partial charge in [0.15, 0.2) is 0 Å². The third-order valence-electron chi connectivity index (χ3n) is 18.2. The van der Waals surface area contributed by atoms with Crippen LogP contribution in [0, 0.1) is 29.1 Å². The Morgan fingerprint density at radius 1 is 0.587 bits per heavy atom. The molecule has 15 rings (SSSR count). The molecule has 4 fully saturated rings. The molecule has 0 saturated heterocycles. The zero-order valence-corrected chi connectivity index (χ0v) is 37.3. The Morgan fingerprint density at radius 3 is 2.08 bits per heavy atom. The third kappa shape index (κ3) is 4.40. The van der Waals surface area contributed by atoms with Crippen molar-refractivity contribution >= 4 is 27.7 Å². The average Bonchev–Trinajstić information content (AvgIpc) is 3.58. The van der Waals surface area contributed by atoms with Crippen molar-refractivity contribution in [1.82, 2.24) is 0 Å². The largest absolute Gasteiger partial charge is 0.333 e. The number of nitrogens with zero attached hydrogens (tertiary/aromatic N) is 1. The minimum absolute atomic E-state index is 0.0234. The Hall–Kier alpha value is -5.92. The molecular weight excluding hydrogens is 759 g/mol. The summed E-state index contributed by atoms with van der Waals surface area (Å²) in [7, 11) is 0. The third-order valence-corrected chi connectivity index (χ3v) is 18.2. The van der Waals surface area contributed by atoms with E-state index in [1.807, 2.05) is 0 Å². The molecule has 2 aliphatic heterocycles. The predicted octanol–water partition coefficient (Wildman–Crippen LogP) is 15.6. The Bertz CT molecular complexity index is 3160. The number of fused-ring (bicyclic) bond motifs is 5. The number of benzene rings is 7. The summed E-state index contributed by atoms with van der Waals surface area (Å²) in [6.07, 6.45) is 12.4. The van der Waals surface area contributed by atoms with Crippen LogP contribution in [0.15, 0.2) is 164 Å². The first-order chi connectivity index (χ1) is 30.6. The van der Waals surface area contributed by atoms with Crippen molar-refractivity contribution in [3.8, 4) is 33.4 Å². The van der Waals surface area contributed by atoms with E-state index < -0.39 is 0 Å². The number of anilines is 2. The van der Waals surface area contributed by atoms with Crippen molar-refractivity contribution in [2.45, 2.75) is 82.6 Å². The van der Waals surface area contributed by atoms with E-state index in [9.17, 15) is 0 Å². The summed E-state index contributed by atoms with van der Waals surface area (Å²) in [5.41, 5.74) is 21.5. The highest BCUT2D eigenvalue weighted by Crippen LogP contribution is 2.95. The van der Waals surface area contributed by atoms with Crippen LogP contribution in [0.25, 0.3) is 49.7 Å². The first kappa shape index (κ1) is 36.6. The van der Waals surface area contributed by atoms with E-state index in [0.717, 1.165) is 30.1 Å². The molecule has 7 aromatic carbocycles. The summed E-state index contributed by atoms with van der Waals surface area (Å²) in [6, 6.07) is 57.2. The zero-order chi connectivity index (χ0) is 42.2. The van der Waals surface area contributed by atoms with Crippen molar-refractivity contribution in [2.75, 3.05) is 4.90 Å². The van der Waals surface area contributed by atoms with Crippen LogP contribution in [-0.2, 0) is 16.2 Å². The molecule has 6 aliphatic carbocycles. The molecule has 5 unspecified atom stereocenters. The number of hydrogen-bond acceptors (Lipinski definition) is 1. The molecule has 1 heteroatoms.